The van der Waals surface area contributed by atoms with Gasteiger partial charge in [0.15, 0.2) is 0 Å². The average molecular weight is 367 g/mol. The first-order valence-electron chi connectivity index (χ1n) is 8.05. The van der Waals surface area contributed by atoms with Crippen LogP contribution >= 0.6 is 0 Å². The first kappa shape index (κ1) is 18.4. The normalized spacial score (nSPS) is 12.2. The van der Waals surface area contributed by atoms with Gasteiger partial charge in [0, 0.05) is 17.6 Å². The summed E-state index contributed by atoms with van der Waals surface area (Å²) in [5.74, 6) is 0.758. The monoisotopic (exact) mass is 367 g/mol. The Morgan fingerprint density at radius 2 is 1.81 bits per heavy atom. The molecule has 0 fully saturated rings. The lowest BCUT2D eigenvalue weighted by Gasteiger charge is -2.25. The average Bonchev–Trinajstić information content (AvgIpc) is 2.59. The Kier molecular flexibility index (Phi) is 4.79. The van der Waals surface area contributed by atoms with Gasteiger partial charge in [0.1, 0.15) is 21.4 Å². The highest BCUT2D eigenvalue weighted by molar-refractivity contribution is 7.87. The fourth-order valence-electron chi connectivity index (χ4n) is 2.99. The number of pyridine rings is 1. The molecule has 9 heteroatoms. The molecule has 0 spiro atoms. The largest absolute Gasteiger partial charge is 0.497 e. The van der Waals surface area contributed by atoms with E-state index in [2.05, 4.69) is 9.71 Å². The van der Waals surface area contributed by atoms with E-state index >= 15 is 0 Å². The van der Waals surface area contributed by atoms with Crippen molar-refractivity contribution < 1.29 is 13.2 Å². The van der Waals surface area contributed by atoms with E-state index < -0.39 is 15.5 Å². The molecule has 0 aliphatic rings. The van der Waals surface area contributed by atoms with E-state index in [-0.39, 0.29) is 0 Å². The minimum Gasteiger partial charge on any atom is -0.497 e. The van der Waals surface area contributed by atoms with Crippen molar-refractivity contribution in [2.75, 3.05) is 7.11 Å². The maximum Gasteiger partial charge on any atom is 0.273 e. The van der Waals surface area contributed by atoms with Gasteiger partial charge in [-0.1, -0.05) is 24.3 Å². The van der Waals surface area contributed by atoms with Crippen LogP contribution in [0.3, 0.4) is 0 Å². The standard InChI is InChI=1S/C17H19B2N3O3S/c1-25-13-6-7-15-14(8-9-21-16(15)10-13)11-2-4-12(5-3-11)17(18,19)22-26(20,23)24/h2-10,22H,18-19H2,1H3,(H2,20,23,24). The molecule has 3 N–H and O–H groups in total. The SMILES string of the molecule is BC(B)(NS(N)(=O)=O)c1ccc(-c2ccnc3cc(OC)ccc23)cc1. The zero-order chi connectivity index (χ0) is 18.9. The molecular formula is C17H19B2N3O3S. The van der Waals surface area contributed by atoms with Crippen LogP contribution in [0.25, 0.3) is 22.0 Å². The Morgan fingerprint density at radius 1 is 1.12 bits per heavy atom. The third-order valence-electron chi connectivity index (χ3n) is 4.26. The quantitative estimate of drug-likeness (QED) is 0.625. The smallest absolute Gasteiger partial charge is 0.273 e. The summed E-state index contributed by atoms with van der Waals surface area (Å²) in [6.07, 6.45) is 1.76. The third-order valence-corrected chi connectivity index (χ3v) is 5.06. The minimum absolute atomic E-state index is 0.758. The van der Waals surface area contributed by atoms with Crippen molar-refractivity contribution in [3.8, 4) is 16.9 Å². The zero-order valence-electron chi connectivity index (χ0n) is 14.9. The minimum atomic E-state index is -3.80. The number of hydrogen-bond acceptors (Lipinski definition) is 4. The summed E-state index contributed by atoms with van der Waals surface area (Å²) in [6.45, 7) is 0. The van der Waals surface area contributed by atoms with E-state index in [4.69, 9.17) is 9.88 Å². The van der Waals surface area contributed by atoms with Gasteiger partial charge in [-0.05, 0) is 40.2 Å². The number of hydrogen-bond donors (Lipinski definition) is 2. The predicted molar refractivity (Wildman–Crippen MR) is 109 cm³/mol. The molecule has 3 rings (SSSR count). The van der Waals surface area contributed by atoms with E-state index in [0.717, 1.165) is 33.3 Å². The number of benzene rings is 2. The summed E-state index contributed by atoms with van der Waals surface area (Å²) in [5, 5.41) is 5.32. The van der Waals surface area contributed by atoms with Crippen LogP contribution < -0.4 is 14.6 Å². The second-order valence-electron chi connectivity index (χ2n) is 6.59. The van der Waals surface area contributed by atoms with E-state index in [1.165, 1.54) is 0 Å². The first-order chi connectivity index (χ1) is 12.2. The van der Waals surface area contributed by atoms with Gasteiger partial charge < -0.3 is 4.74 Å². The summed E-state index contributed by atoms with van der Waals surface area (Å²) in [7, 11) is 1.36. The van der Waals surface area contributed by atoms with Gasteiger partial charge >= 0.3 is 0 Å². The Morgan fingerprint density at radius 3 is 2.42 bits per heavy atom. The molecule has 0 saturated heterocycles. The molecule has 6 nitrogen and oxygen atoms in total. The fourth-order valence-corrected chi connectivity index (χ4v) is 3.82. The molecule has 1 aromatic heterocycles. The van der Waals surface area contributed by atoms with Gasteiger partial charge in [0.25, 0.3) is 10.2 Å². The van der Waals surface area contributed by atoms with Crippen molar-refractivity contribution in [3.63, 3.8) is 0 Å². The van der Waals surface area contributed by atoms with Gasteiger partial charge in [-0.2, -0.15) is 8.42 Å². The number of nitrogens with one attached hydrogen (secondary N) is 1. The van der Waals surface area contributed by atoms with E-state index in [9.17, 15) is 8.42 Å². The van der Waals surface area contributed by atoms with Crippen LogP contribution in [-0.4, -0.2) is 36.2 Å². The van der Waals surface area contributed by atoms with Crippen molar-refractivity contribution >= 4 is 36.8 Å². The Bertz CT molecular complexity index is 1050. The molecule has 132 valence electrons. The number of nitrogens with zero attached hydrogens (tertiary/aromatic N) is 1. The van der Waals surface area contributed by atoms with E-state index in [0.29, 0.717) is 0 Å². The van der Waals surface area contributed by atoms with Crippen molar-refractivity contribution in [1.29, 1.82) is 0 Å². The number of methoxy groups -OCH3 is 1. The lowest BCUT2D eigenvalue weighted by atomic mass is 9.59. The lowest BCUT2D eigenvalue weighted by Crippen LogP contribution is -2.49. The van der Waals surface area contributed by atoms with Gasteiger partial charge in [-0.15, -0.1) is 0 Å². The molecule has 0 radical (unpaired) electrons. The van der Waals surface area contributed by atoms with Crippen LogP contribution in [0.1, 0.15) is 5.56 Å². The Labute approximate surface area is 154 Å². The molecule has 1 heterocycles. The summed E-state index contributed by atoms with van der Waals surface area (Å²) in [6, 6.07) is 15.4. The molecule has 0 aliphatic carbocycles. The number of fused-ring (bicyclic) bond motifs is 1. The van der Waals surface area contributed by atoms with Crippen LogP contribution in [0, 0.1) is 0 Å². The molecule has 0 amide bonds. The lowest BCUT2D eigenvalue weighted by molar-refractivity contribution is 0.415. The Hall–Kier alpha value is -2.35. The maximum absolute atomic E-state index is 11.4. The van der Waals surface area contributed by atoms with Gasteiger partial charge in [-0.3, -0.25) is 4.98 Å². The molecule has 0 unspecified atom stereocenters. The summed E-state index contributed by atoms with van der Waals surface area (Å²) < 4.78 is 30.4. The molecule has 2 aromatic carbocycles. The van der Waals surface area contributed by atoms with Crippen molar-refractivity contribution in [3.05, 3.63) is 60.3 Å². The highest BCUT2D eigenvalue weighted by atomic mass is 32.2. The summed E-state index contributed by atoms with van der Waals surface area (Å²) in [5.41, 5.74) is 3.72. The molecule has 3 aromatic rings. The van der Waals surface area contributed by atoms with Crippen LogP contribution in [0.15, 0.2) is 54.7 Å². The third kappa shape index (κ3) is 3.90. The Balaban J connectivity index is 2.00. The molecule has 0 saturated carbocycles. The number of nitrogens with two attached hydrogens (primary N) is 1. The van der Waals surface area contributed by atoms with Crippen LogP contribution in [0.5, 0.6) is 5.75 Å². The highest BCUT2D eigenvalue weighted by Crippen LogP contribution is 2.30. The molecular weight excluding hydrogens is 348 g/mol. The van der Waals surface area contributed by atoms with E-state index in [1.807, 2.05) is 48.5 Å². The number of rotatable bonds is 5. The van der Waals surface area contributed by atoms with Crippen molar-refractivity contribution in [1.82, 2.24) is 9.71 Å². The number of ether oxygens (including phenoxy) is 1. The fraction of sp³-hybridized carbons (Fsp3) is 0.118. The highest BCUT2D eigenvalue weighted by Gasteiger charge is 2.24. The van der Waals surface area contributed by atoms with E-state index in [1.54, 1.807) is 29.0 Å². The van der Waals surface area contributed by atoms with Gasteiger partial charge in [0.05, 0.1) is 12.6 Å². The van der Waals surface area contributed by atoms with Crippen molar-refractivity contribution in [2.24, 2.45) is 5.14 Å². The van der Waals surface area contributed by atoms with Crippen molar-refractivity contribution in [2.45, 2.75) is 5.34 Å². The second-order valence-corrected chi connectivity index (χ2v) is 7.89. The molecule has 26 heavy (non-hydrogen) atoms. The molecule has 0 aliphatic heterocycles. The predicted octanol–water partition coefficient (Wildman–Crippen LogP) is 0.0800. The van der Waals surface area contributed by atoms with Gasteiger partial charge in [-0.25, -0.2) is 9.86 Å². The first-order valence-corrected chi connectivity index (χ1v) is 9.60. The van der Waals surface area contributed by atoms with Crippen LogP contribution in [0.4, 0.5) is 0 Å². The molecule has 0 atom stereocenters. The second kappa shape index (κ2) is 6.75. The van der Waals surface area contributed by atoms with Crippen LogP contribution in [-0.2, 0) is 15.5 Å². The zero-order valence-corrected chi connectivity index (χ0v) is 15.7. The molecule has 0 bridgehead atoms. The topological polar surface area (TPSA) is 94.3 Å². The summed E-state index contributed by atoms with van der Waals surface area (Å²) >= 11 is 0. The van der Waals surface area contributed by atoms with Crippen LogP contribution in [0.2, 0.25) is 0 Å². The summed E-state index contributed by atoms with van der Waals surface area (Å²) in [4.78, 5) is 4.40. The maximum atomic E-state index is 11.4. The van der Waals surface area contributed by atoms with Gasteiger partial charge in [0.2, 0.25) is 0 Å². The number of aromatic nitrogens is 1.